The highest BCUT2D eigenvalue weighted by atomic mass is 16.5. The lowest BCUT2D eigenvalue weighted by Crippen LogP contribution is -2.43. The minimum Gasteiger partial charge on any atom is -0.481 e. The molecule has 1 aliphatic rings. The Morgan fingerprint density at radius 1 is 1.20 bits per heavy atom. The standard InChI is InChI=1S/C20H27N5O5/c21-25-23-12-17(10-18(26)27)24-19(28)16-8-6-14(7-9-16)11-22-20(29)30-13-15-4-2-1-3-5-15/h1-5,14,16-17H,6-13H2,(H,22,29)(H,24,28)(H,26,27)/t14?,16?,17-/m0/s1. The van der Waals surface area contributed by atoms with Gasteiger partial charge in [0.15, 0.2) is 0 Å². The lowest BCUT2D eigenvalue weighted by atomic mass is 9.81. The molecule has 1 aromatic carbocycles. The fourth-order valence-corrected chi connectivity index (χ4v) is 3.46. The molecule has 0 saturated heterocycles. The molecule has 10 nitrogen and oxygen atoms in total. The summed E-state index contributed by atoms with van der Waals surface area (Å²) in [5.41, 5.74) is 9.32. The number of rotatable bonds is 10. The first-order valence-electron chi connectivity index (χ1n) is 9.95. The van der Waals surface area contributed by atoms with E-state index >= 15 is 0 Å². The molecule has 1 atom stereocenters. The average molecular weight is 417 g/mol. The van der Waals surface area contributed by atoms with Crippen molar-refractivity contribution in [1.29, 1.82) is 0 Å². The zero-order valence-corrected chi connectivity index (χ0v) is 16.7. The molecule has 0 unspecified atom stereocenters. The van der Waals surface area contributed by atoms with E-state index in [0.717, 1.165) is 18.4 Å². The maximum atomic E-state index is 12.4. The van der Waals surface area contributed by atoms with Gasteiger partial charge in [-0.2, -0.15) is 0 Å². The maximum Gasteiger partial charge on any atom is 0.407 e. The van der Waals surface area contributed by atoms with Gasteiger partial charge in [-0.05, 0) is 42.7 Å². The Hall–Kier alpha value is -3.26. The number of alkyl carbamates (subject to hydrolysis) is 1. The Kier molecular flexibility index (Phi) is 9.47. The summed E-state index contributed by atoms with van der Waals surface area (Å²) in [6, 6.07) is 8.70. The van der Waals surface area contributed by atoms with E-state index in [1.807, 2.05) is 30.3 Å². The van der Waals surface area contributed by atoms with Gasteiger partial charge in [-0.1, -0.05) is 35.4 Å². The van der Waals surface area contributed by atoms with E-state index in [2.05, 4.69) is 20.7 Å². The smallest absolute Gasteiger partial charge is 0.407 e. The number of aliphatic carboxylic acids is 1. The number of amides is 2. The minimum atomic E-state index is -1.07. The second-order valence-corrected chi connectivity index (χ2v) is 7.38. The molecule has 2 amide bonds. The molecule has 2 rings (SSSR count). The first kappa shape index (κ1) is 23.0. The van der Waals surface area contributed by atoms with Crippen molar-refractivity contribution < 1.29 is 24.2 Å². The minimum absolute atomic E-state index is 0.0983. The van der Waals surface area contributed by atoms with Gasteiger partial charge < -0.3 is 20.5 Å². The second kappa shape index (κ2) is 12.3. The van der Waals surface area contributed by atoms with Crippen molar-refractivity contribution in [2.75, 3.05) is 13.1 Å². The van der Waals surface area contributed by atoms with Crippen LogP contribution in [0.3, 0.4) is 0 Å². The molecule has 0 heterocycles. The van der Waals surface area contributed by atoms with E-state index in [1.165, 1.54) is 0 Å². The monoisotopic (exact) mass is 417 g/mol. The number of benzene rings is 1. The Labute approximate surface area is 174 Å². The number of hydrogen-bond acceptors (Lipinski definition) is 5. The molecule has 0 radical (unpaired) electrons. The van der Waals surface area contributed by atoms with Crippen molar-refractivity contribution in [1.82, 2.24) is 10.6 Å². The molecule has 30 heavy (non-hydrogen) atoms. The SMILES string of the molecule is [N-]=[N+]=NC[C@H](CC(=O)O)NC(=O)C1CCC(CNC(=O)OCc2ccccc2)CC1. The van der Waals surface area contributed by atoms with Crippen molar-refractivity contribution in [3.8, 4) is 0 Å². The fraction of sp³-hybridized carbons (Fsp3) is 0.550. The number of ether oxygens (including phenoxy) is 1. The summed E-state index contributed by atoms with van der Waals surface area (Å²) in [6.07, 6.45) is 2.09. The van der Waals surface area contributed by atoms with Crippen LogP contribution >= 0.6 is 0 Å². The highest BCUT2D eigenvalue weighted by molar-refractivity contribution is 5.80. The topological polar surface area (TPSA) is 153 Å². The van der Waals surface area contributed by atoms with Crippen LogP contribution in [0.4, 0.5) is 4.79 Å². The number of azide groups is 1. The van der Waals surface area contributed by atoms with Crippen LogP contribution in [-0.4, -0.2) is 42.2 Å². The van der Waals surface area contributed by atoms with Gasteiger partial charge in [0.1, 0.15) is 6.61 Å². The molecule has 0 aliphatic heterocycles. The largest absolute Gasteiger partial charge is 0.481 e. The van der Waals surface area contributed by atoms with Gasteiger partial charge in [-0.25, -0.2) is 4.79 Å². The van der Waals surface area contributed by atoms with Crippen molar-refractivity contribution in [2.45, 2.75) is 44.8 Å². The van der Waals surface area contributed by atoms with E-state index in [1.54, 1.807) is 0 Å². The molecule has 0 aromatic heterocycles. The van der Waals surface area contributed by atoms with Crippen LogP contribution < -0.4 is 10.6 Å². The number of carboxylic acids is 1. The van der Waals surface area contributed by atoms with Gasteiger partial charge in [-0.15, -0.1) is 0 Å². The zero-order chi connectivity index (χ0) is 21.8. The average Bonchev–Trinajstić information content (AvgIpc) is 2.75. The number of nitrogens with one attached hydrogen (secondary N) is 2. The summed E-state index contributed by atoms with van der Waals surface area (Å²) in [4.78, 5) is 37.8. The molecule has 1 fully saturated rings. The number of hydrogen-bond donors (Lipinski definition) is 3. The molecule has 0 bridgehead atoms. The first-order chi connectivity index (χ1) is 14.5. The van der Waals surface area contributed by atoms with E-state index < -0.39 is 18.1 Å². The normalized spacial score (nSPS) is 19.1. The van der Waals surface area contributed by atoms with Gasteiger partial charge in [0.25, 0.3) is 0 Å². The predicted octanol–water partition coefficient (Wildman–Crippen LogP) is 2.99. The van der Waals surface area contributed by atoms with Crippen molar-refractivity contribution in [3.63, 3.8) is 0 Å². The predicted molar refractivity (Wildman–Crippen MR) is 108 cm³/mol. The first-order valence-corrected chi connectivity index (χ1v) is 9.95. The van der Waals surface area contributed by atoms with Gasteiger partial charge in [-0.3, -0.25) is 9.59 Å². The summed E-state index contributed by atoms with van der Waals surface area (Å²) >= 11 is 0. The van der Waals surface area contributed by atoms with Gasteiger partial charge >= 0.3 is 12.1 Å². The van der Waals surface area contributed by atoms with E-state index in [-0.39, 0.29) is 37.3 Å². The highest BCUT2D eigenvalue weighted by Crippen LogP contribution is 2.28. The Balaban J connectivity index is 1.68. The molecule has 1 saturated carbocycles. The third-order valence-corrected chi connectivity index (χ3v) is 5.10. The van der Waals surface area contributed by atoms with Gasteiger partial charge in [0.2, 0.25) is 5.91 Å². The summed E-state index contributed by atoms with van der Waals surface area (Å²) in [5, 5.41) is 17.7. The lowest BCUT2D eigenvalue weighted by molar-refractivity contribution is -0.137. The Morgan fingerprint density at radius 2 is 1.90 bits per heavy atom. The Morgan fingerprint density at radius 3 is 2.53 bits per heavy atom. The maximum absolute atomic E-state index is 12.4. The quantitative estimate of drug-likeness (QED) is 0.303. The van der Waals surface area contributed by atoms with Crippen LogP contribution in [0.5, 0.6) is 0 Å². The van der Waals surface area contributed by atoms with E-state index in [9.17, 15) is 14.4 Å². The summed E-state index contributed by atoms with van der Waals surface area (Å²) in [7, 11) is 0. The van der Waals surface area contributed by atoms with Crippen LogP contribution in [0.15, 0.2) is 35.4 Å². The van der Waals surface area contributed by atoms with E-state index in [0.29, 0.717) is 19.4 Å². The van der Waals surface area contributed by atoms with Crippen LogP contribution in [-0.2, 0) is 20.9 Å². The van der Waals surface area contributed by atoms with Crippen molar-refractivity contribution in [2.24, 2.45) is 17.0 Å². The molecule has 1 aliphatic carbocycles. The van der Waals surface area contributed by atoms with Crippen LogP contribution in [0, 0.1) is 11.8 Å². The van der Waals surface area contributed by atoms with Crippen molar-refractivity contribution >= 4 is 18.0 Å². The number of nitrogens with zero attached hydrogens (tertiary/aromatic N) is 3. The summed E-state index contributed by atoms with van der Waals surface area (Å²) < 4.78 is 5.19. The third kappa shape index (κ3) is 8.40. The van der Waals surface area contributed by atoms with Crippen LogP contribution in [0.1, 0.15) is 37.7 Å². The Bertz CT molecular complexity index is 754. The summed E-state index contributed by atoms with van der Waals surface area (Å²) in [5.74, 6) is -1.24. The molecular weight excluding hydrogens is 390 g/mol. The summed E-state index contributed by atoms with van der Waals surface area (Å²) in [6.45, 7) is 0.603. The van der Waals surface area contributed by atoms with Gasteiger partial charge in [0, 0.05) is 30.0 Å². The number of carboxylic acid groups (broad SMARTS) is 1. The van der Waals surface area contributed by atoms with E-state index in [4.69, 9.17) is 15.4 Å². The number of carbonyl (C=O) groups is 3. The third-order valence-electron chi connectivity index (χ3n) is 5.10. The molecule has 162 valence electrons. The molecular formula is C20H27N5O5. The van der Waals surface area contributed by atoms with Crippen molar-refractivity contribution in [3.05, 3.63) is 46.3 Å². The highest BCUT2D eigenvalue weighted by Gasteiger charge is 2.28. The van der Waals surface area contributed by atoms with Gasteiger partial charge in [0.05, 0.1) is 6.42 Å². The fourth-order valence-electron chi connectivity index (χ4n) is 3.46. The molecule has 3 N–H and O–H groups in total. The van der Waals surface area contributed by atoms with Crippen LogP contribution in [0.25, 0.3) is 10.4 Å². The second-order valence-electron chi connectivity index (χ2n) is 7.38. The zero-order valence-electron chi connectivity index (χ0n) is 16.7. The lowest BCUT2D eigenvalue weighted by Gasteiger charge is -2.29. The molecule has 1 aromatic rings. The molecule has 0 spiro atoms. The number of carbonyl (C=O) groups excluding carboxylic acids is 2. The van der Waals surface area contributed by atoms with Crippen LogP contribution in [0.2, 0.25) is 0 Å². The molecule has 10 heteroatoms.